The molecule has 1 aliphatic carbocycles. The molecule has 0 spiro atoms. The van der Waals surface area contributed by atoms with E-state index in [1.54, 1.807) is 0 Å². The molecule has 166 valence electrons. The highest BCUT2D eigenvalue weighted by molar-refractivity contribution is 7.10. The molecular formula is C23H19ClF3N3OS. The lowest BCUT2D eigenvalue weighted by Gasteiger charge is -2.43. The molecule has 1 aromatic carbocycles. The number of hydrogen-bond acceptors (Lipinski definition) is 5. The van der Waals surface area contributed by atoms with Gasteiger partial charge in [-0.2, -0.15) is 18.4 Å². The van der Waals surface area contributed by atoms with Crippen LogP contribution in [0.3, 0.4) is 0 Å². The zero-order valence-electron chi connectivity index (χ0n) is 17.3. The lowest BCUT2D eigenvalue weighted by atomic mass is 9.69. The number of anilines is 1. The Morgan fingerprint density at radius 2 is 2.00 bits per heavy atom. The minimum atomic E-state index is -4.59. The number of alkyl halides is 3. The van der Waals surface area contributed by atoms with Crippen LogP contribution < -0.4 is 10.6 Å². The molecule has 0 amide bonds. The number of ketones is 1. The summed E-state index contributed by atoms with van der Waals surface area (Å²) in [5.74, 6) is -0.821. The van der Waals surface area contributed by atoms with Crippen LogP contribution in [0.15, 0.2) is 58.4 Å². The van der Waals surface area contributed by atoms with Crippen molar-refractivity contribution in [1.29, 1.82) is 5.26 Å². The van der Waals surface area contributed by atoms with E-state index in [-0.39, 0.29) is 34.3 Å². The van der Waals surface area contributed by atoms with E-state index in [1.165, 1.54) is 16.2 Å². The van der Waals surface area contributed by atoms with Crippen molar-refractivity contribution in [3.8, 4) is 6.07 Å². The molecule has 2 aliphatic rings. The number of nitrogens with zero attached hydrogens (tertiary/aromatic N) is 2. The standard InChI is InChI=1S/C23H19ClF3N3OS/c1-22(2)9-16-20(17(31)10-22)19(18-4-3-7-32-18)13(11-28)21(29)30(16)15-8-12(23(25,26)27)5-6-14(15)24/h3-8,19H,9-10,29H2,1-2H3. The van der Waals surface area contributed by atoms with Gasteiger partial charge in [0, 0.05) is 22.6 Å². The number of rotatable bonds is 2. The van der Waals surface area contributed by atoms with E-state index in [2.05, 4.69) is 6.07 Å². The van der Waals surface area contributed by atoms with Gasteiger partial charge in [-0.1, -0.05) is 31.5 Å². The lowest BCUT2D eigenvalue weighted by molar-refractivity contribution is -0.137. The zero-order chi connectivity index (χ0) is 23.4. The Morgan fingerprint density at radius 3 is 2.59 bits per heavy atom. The third kappa shape index (κ3) is 3.70. The number of halogens is 4. The van der Waals surface area contributed by atoms with E-state index < -0.39 is 23.1 Å². The van der Waals surface area contributed by atoms with Gasteiger partial charge < -0.3 is 5.73 Å². The summed E-state index contributed by atoms with van der Waals surface area (Å²) >= 11 is 7.73. The molecule has 0 saturated heterocycles. The molecule has 1 atom stereocenters. The highest BCUT2D eigenvalue weighted by Crippen LogP contribution is 2.52. The van der Waals surface area contributed by atoms with Gasteiger partial charge in [0.15, 0.2) is 5.78 Å². The van der Waals surface area contributed by atoms with E-state index in [4.69, 9.17) is 17.3 Å². The van der Waals surface area contributed by atoms with E-state index in [9.17, 15) is 23.2 Å². The molecule has 1 aliphatic heterocycles. The summed E-state index contributed by atoms with van der Waals surface area (Å²) in [7, 11) is 0. The number of nitriles is 1. The number of nitrogens with two attached hydrogens (primary N) is 1. The predicted molar refractivity (Wildman–Crippen MR) is 118 cm³/mol. The SMILES string of the molecule is CC1(C)CC(=O)C2=C(C1)N(c1cc(C(F)(F)F)ccc1Cl)C(N)=C(C#N)C2c1cccs1. The molecule has 0 radical (unpaired) electrons. The second kappa shape index (κ2) is 7.68. The molecule has 2 heterocycles. The van der Waals surface area contributed by atoms with Gasteiger partial charge >= 0.3 is 6.18 Å². The van der Waals surface area contributed by atoms with Crippen LogP contribution in [-0.2, 0) is 11.0 Å². The van der Waals surface area contributed by atoms with Gasteiger partial charge in [-0.3, -0.25) is 9.69 Å². The van der Waals surface area contributed by atoms with Crippen molar-refractivity contribution in [2.75, 3.05) is 4.90 Å². The van der Waals surface area contributed by atoms with Gasteiger partial charge in [-0.05, 0) is 41.5 Å². The number of Topliss-reactive ketones (excluding diaryl/α,β-unsaturated/α-hetero) is 1. The van der Waals surface area contributed by atoms with E-state index in [0.29, 0.717) is 17.7 Å². The minimum Gasteiger partial charge on any atom is -0.384 e. The van der Waals surface area contributed by atoms with E-state index in [1.807, 2.05) is 31.4 Å². The molecule has 0 saturated carbocycles. The summed E-state index contributed by atoms with van der Waals surface area (Å²) < 4.78 is 40.4. The average molecular weight is 478 g/mol. The molecule has 2 N–H and O–H groups in total. The average Bonchev–Trinajstić information content (AvgIpc) is 3.20. The fraction of sp³-hybridized carbons (Fsp3) is 0.304. The third-order valence-electron chi connectivity index (χ3n) is 5.72. The van der Waals surface area contributed by atoms with Crippen molar-refractivity contribution in [2.45, 2.75) is 38.8 Å². The highest BCUT2D eigenvalue weighted by atomic mass is 35.5. The van der Waals surface area contributed by atoms with Gasteiger partial charge in [0.25, 0.3) is 0 Å². The van der Waals surface area contributed by atoms with Crippen molar-refractivity contribution >= 4 is 34.4 Å². The second-order valence-corrected chi connectivity index (χ2v) is 10.0. The summed E-state index contributed by atoms with van der Waals surface area (Å²) in [5.41, 5.74) is 6.10. The normalized spacial score (nSPS) is 21.0. The maximum atomic E-state index is 13.5. The Kier molecular flexibility index (Phi) is 5.38. The quantitative estimate of drug-likeness (QED) is 0.546. The molecule has 4 nitrogen and oxygen atoms in total. The highest BCUT2D eigenvalue weighted by Gasteiger charge is 2.45. The largest absolute Gasteiger partial charge is 0.416 e. The fourth-order valence-electron chi connectivity index (χ4n) is 4.38. The number of hydrogen-bond donors (Lipinski definition) is 1. The van der Waals surface area contributed by atoms with Crippen molar-refractivity contribution in [3.63, 3.8) is 0 Å². The van der Waals surface area contributed by atoms with Gasteiger partial charge in [0.05, 0.1) is 33.8 Å². The molecule has 0 fully saturated rings. The van der Waals surface area contributed by atoms with E-state index >= 15 is 0 Å². The van der Waals surface area contributed by atoms with Gasteiger partial charge in [-0.25, -0.2) is 0 Å². The summed E-state index contributed by atoms with van der Waals surface area (Å²) in [6.07, 6.45) is -3.94. The summed E-state index contributed by atoms with van der Waals surface area (Å²) in [6.45, 7) is 3.83. The monoisotopic (exact) mass is 477 g/mol. The Labute approximate surface area is 192 Å². The van der Waals surface area contributed by atoms with Crippen molar-refractivity contribution in [1.82, 2.24) is 0 Å². The summed E-state index contributed by atoms with van der Waals surface area (Å²) in [6, 6.07) is 8.69. The van der Waals surface area contributed by atoms with Gasteiger partial charge in [0.2, 0.25) is 0 Å². The molecule has 1 aromatic heterocycles. The number of benzene rings is 1. The number of allylic oxidation sites excluding steroid dienone is 3. The van der Waals surface area contributed by atoms with E-state index in [0.717, 1.165) is 23.1 Å². The summed E-state index contributed by atoms with van der Waals surface area (Å²) in [5, 5.41) is 11.8. The van der Waals surface area contributed by atoms with Crippen LogP contribution >= 0.6 is 22.9 Å². The van der Waals surface area contributed by atoms with Crippen LogP contribution in [0.2, 0.25) is 5.02 Å². The Bertz CT molecular complexity index is 1210. The smallest absolute Gasteiger partial charge is 0.384 e. The van der Waals surface area contributed by atoms with Crippen LogP contribution in [-0.4, -0.2) is 5.78 Å². The molecule has 0 bridgehead atoms. The van der Waals surface area contributed by atoms with Crippen LogP contribution in [0.4, 0.5) is 18.9 Å². The Morgan fingerprint density at radius 1 is 1.28 bits per heavy atom. The maximum absolute atomic E-state index is 13.5. The fourth-order valence-corrected chi connectivity index (χ4v) is 5.43. The number of carbonyl (C=O) groups is 1. The lowest BCUT2D eigenvalue weighted by Crippen LogP contribution is -2.42. The first-order chi connectivity index (χ1) is 14.9. The van der Waals surface area contributed by atoms with Crippen LogP contribution in [0.1, 0.15) is 43.0 Å². The van der Waals surface area contributed by atoms with Crippen LogP contribution in [0.25, 0.3) is 0 Å². The van der Waals surface area contributed by atoms with Crippen molar-refractivity contribution in [3.05, 3.63) is 73.8 Å². The molecule has 2 aromatic rings. The molecular weight excluding hydrogens is 459 g/mol. The van der Waals surface area contributed by atoms with Crippen LogP contribution in [0, 0.1) is 16.7 Å². The summed E-state index contributed by atoms with van der Waals surface area (Å²) in [4.78, 5) is 15.5. The topological polar surface area (TPSA) is 70.1 Å². The first kappa shape index (κ1) is 22.4. The zero-order valence-corrected chi connectivity index (χ0v) is 18.8. The molecule has 9 heteroatoms. The first-order valence-electron chi connectivity index (χ1n) is 9.81. The molecule has 4 rings (SSSR count). The van der Waals surface area contributed by atoms with Crippen LogP contribution in [0.5, 0.6) is 0 Å². The number of carbonyl (C=O) groups excluding carboxylic acids is 1. The number of thiophene rings is 1. The molecule has 32 heavy (non-hydrogen) atoms. The van der Waals surface area contributed by atoms with Crippen molar-refractivity contribution in [2.24, 2.45) is 11.1 Å². The van der Waals surface area contributed by atoms with Gasteiger partial charge in [-0.15, -0.1) is 11.3 Å². The Balaban J connectivity index is 2.02. The minimum absolute atomic E-state index is 0.00521. The van der Waals surface area contributed by atoms with Gasteiger partial charge in [0.1, 0.15) is 5.82 Å². The Hall–Kier alpha value is -2.76. The molecule has 1 unspecified atom stereocenters. The maximum Gasteiger partial charge on any atom is 0.416 e. The first-order valence-corrected chi connectivity index (χ1v) is 11.1. The second-order valence-electron chi connectivity index (χ2n) is 8.66. The predicted octanol–water partition coefficient (Wildman–Crippen LogP) is 6.36. The van der Waals surface area contributed by atoms with Crippen molar-refractivity contribution < 1.29 is 18.0 Å². The third-order valence-corrected chi connectivity index (χ3v) is 6.98.